The monoisotopic (exact) mass is 711 g/mol. The van der Waals surface area contributed by atoms with Gasteiger partial charge in [-0.3, -0.25) is 4.57 Å². The second-order valence-corrected chi connectivity index (χ2v) is 25.2. The van der Waals surface area contributed by atoms with Crippen LogP contribution in [0.2, 0.25) is 5.04 Å². The maximum absolute atomic E-state index is 12.9. The molecule has 0 bridgehead atoms. The smallest absolute Gasteiger partial charge is 0.351 e. The predicted octanol–water partition coefficient (Wildman–Crippen LogP) is 6.57. The highest BCUT2D eigenvalue weighted by Gasteiger charge is 2.56. The van der Waals surface area contributed by atoms with E-state index >= 15 is 0 Å². The van der Waals surface area contributed by atoms with Crippen molar-refractivity contribution in [3.63, 3.8) is 0 Å². The molecule has 1 aliphatic carbocycles. The minimum Gasteiger partial charge on any atom is -0.405 e. The number of nitrogens with zero attached hydrogens (tertiary/aromatic N) is 2. The van der Waals surface area contributed by atoms with Crippen molar-refractivity contribution in [2.24, 2.45) is 5.92 Å². The van der Waals surface area contributed by atoms with Crippen molar-refractivity contribution in [2.45, 2.75) is 94.6 Å². The molecule has 3 aromatic rings. The van der Waals surface area contributed by atoms with Crippen LogP contribution in [0.15, 0.2) is 89.9 Å². The number of allylic oxidation sites excluding steroid dienone is 1. The average molecular weight is 712 g/mol. The molecule has 2 saturated heterocycles. The zero-order valence-electron chi connectivity index (χ0n) is 27.8. The van der Waals surface area contributed by atoms with Crippen LogP contribution in [0.25, 0.3) is 0 Å². The van der Waals surface area contributed by atoms with Gasteiger partial charge >= 0.3 is 5.69 Å². The summed E-state index contributed by atoms with van der Waals surface area (Å²) in [7, 11) is -2.88. The molecular formula is C35H46N3O5PS2Si. The minimum atomic E-state index is -2.88. The molecule has 2 N–H and O–H groups in total. The highest BCUT2D eigenvalue weighted by Crippen LogP contribution is 2.76. The van der Waals surface area contributed by atoms with Crippen molar-refractivity contribution < 1.29 is 18.2 Å². The van der Waals surface area contributed by atoms with Crippen molar-refractivity contribution in [1.29, 1.82) is 0 Å². The lowest BCUT2D eigenvalue weighted by atomic mass is 9.77. The van der Waals surface area contributed by atoms with E-state index in [0.717, 1.165) is 19.3 Å². The normalized spacial score (nSPS) is 31.0. The molecule has 0 radical (unpaired) electrons. The highest BCUT2D eigenvalue weighted by molar-refractivity contribution is 8.68. The number of ether oxygens (including phenoxy) is 1. The number of benzene rings is 2. The van der Waals surface area contributed by atoms with Crippen molar-refractivity contribution in [3.05, 3.63) is 95.6 Å². The summed E-state index contributed by atoms with van der Waals surface area (Å²) < 4.78 is 28.9. The van der Waals surface area contributed by atoms with E-state index in [9.17, 15) is 4.79 Å². The Balaban J connectivity index is 1.33. The fourth-order valence-electron chi connectivity index (χ4n) is 7.34. The Hall–Kier alpha value is -2.08. The summed E-state index contributed by atoms with van der Waals surface area (Å²) in [4.78, 5) is 16.9. The maximum Gasteiger partial charge on any atom is 0.351 e. The molecule has 2 aromatic carbocycles. The van der Waals surface area contributed by atoms with Crippen LogP contribution in [0.1, 0.15) is 66.5 Å². The summed E-state index contributed by atoms with van der Waals surface area (Å²) >= 11 is 7.93. The molecule has 2 aliphatic heterocycles. The van der Waals surface area contributed by atoms with Crippen LogP contribution >= 0.6 is 17.1 Å². The zero-order chi connectivity index (χ0) is 33.6. The van der Waals surface area contributed by atoms with E-state index in [4.69, 9.17) is 35.8 Å². The third kappa shape index (κ3) is 6.88. The molecule has 12 heteroatoms. The van der Waals surface area contributed by atoms with Crippen molar-refractivity contribution in [3.8, 4) is 0 Å². The van der Waals surface area contributed by atoms with Gasteiger partial charge < -0.3 is 23.9 Å². The van der Waals surface area contributed by atoms with Gasteiger partial charge in [0, 0.05) is 17.4 Å². The summed E-state index contributed by atoms with van der Waals surface area (Å²) in [6, 6.07) is 22.6. The summed E-state index contributed by atoms with van der Waals surface area (Å²) in [5.41, 5.74) is 3.77. The second-order valence-electron chi connectivity index (χ2n) is 14.3. The maximum atomic E-state index is 12.9. The lowest BCUT2D eigenvalue weighted by molar-refractivity contribution is -0.0393. The number of hydrogen-bond acceptors (Lipinski definition) is 9. The number of aromatic nitrogens is 2. The van der Waals surface area contributed by atoms with Gasteiger partial charge in [-0.15, -0.1) is 0 Å². The third-order valence-corrected chi connectivity index (χ3v) is 20.7. The molecule has 8 nitrogen and oxygen atoms in total. The SMILES string of the molecule is C=C(C)[C@@H]1CC[C@]2(C)SP(=S)(O[C@H]3C[C@H](n4ccc(N)nc4=O)O[C@@H]3CO[Si](c3ccccc3)(c3ccccc3)C(C)(C)C)O[C@H]2C1. The number of fused-ring (bicyclic) bond motifs is 1. The molecule has 3 fully saturated rings. The van der Waals surface area contributed by atoms with Crippen LogP contribution in [-0.4, -0.2) is 47.5 Å². The van der Waals surface area contributed by atoms with Crippen molar-refractivity contribution in [2.75, 3.05) is 12.3 Å². The van der Waals surface area contributed by atoms with E-state index in [-0.39, 0.29) is 28.3 Å². The Kier molecular flexibility index (Phi) is 9.86. The van der Waals surface area contributed by atoms with Crippen molar-refractivity contribution in [1.82, 2.24) is 9.55 Å². The van der Waals surface area contributed by atoms with Gasteiger partial charge in [-0.1, -0.05) is 105 Å². The molecule has 1 saturated carbocycles. The average Bonchev–Trinajstić information content (AvgIpc) is 3.53. The molecule has 1 unspecified atom stereocenters. The topological polar surface area (TPSA) is 97.8 Å². The Morgan fingerprint density at radius 3 is 2.36 bits per heavy atom. The van der Waals surface area contributed by atoms with Crippen LogP contribution < -0.4 is 21.8 Å². The predicted molar refractivity (Wildman–Crippen MR) is 197 cm³/mol. The van der Waals surface area contributed by atoms with Crippen LogP contribution in [0.3, 0.4) is 0 Å². The second kappa shape index (κ2) is 13.3. The molecule has 0 amide bonds. The largest absolute Gasteiger partial charge is 0.405 e. The zero-order valence-corrected chi connectivity index (χ0v) is 31.4. The van der Waals surface area contributed by atoms with E-state index in [0.29, 0.717) is 12.3 Å². The molecule has 3 heterocycles. The quantitative estimate of drug-likeness (QED) is 0.150. The van der Waals surface area contributed by atoms with Gasteiger partial charge in [-0.05, 0) is 72.3 Å². The highest BCUT2D eigenvalue weighted by atomic mass is 32.9. The Morgan fingerprint density at radius 1 is 1.15 bits per heavy atom. The lowest BCUT2D eigenvalue weighted by Gasteiger charge is -2.43. The minimum absolute atomic E-state index is 0.00243. The van der Waals surface area contributed by atoms with E-state index in [1.54, 1.807) is 23.6 Å². The third-order valence-electron chi connectivity index (χ3n) is 9.93. The van der Waals surface area contributed by atoms with Crippen LogP contribution in [0.4, 0.5) is 5.82 Å². The molecule has 47 heavy (non-hydrogen) atoms. The van der Waals surface area contributed by atoms with Gasteiger partial charge in [0.25, 0.3) is 8.32 Å². The van der Waals surface area contributed by atoms with Crippen LogP contribution in [0, 0.1) is 5.92 Å². The molecule has 0 spiro atoms. The van der Waals surface area contributed by atoms with Gasteiger partial charge in [0.15, 0.2) is 0 Å². The van der Waals surface area contributed by atoms with E-state index in [1.807, 2.05) is 12.1 Å². The van der Waals surface area contributed by atoms with Crippen LogP contribution in [-0.2, 0) is 30.0 Å². The summed E-state index contributed by atoms with van der Waals surface area (Å²) in [6.07, 6.45) is 3.43. The summed E-state index contributed by atoms with van der Waals surface area (Å²) in [5.74, 6) is 0.589. The molecule has 1 aromatic heterocycles. The Morgan fingerprint density at radius 2 is 1.79 bits per heavy atom. The van der Waals surface area contributed by atoms with E-state index in [1.165, 1.54) is 20.5 Å². The first-order valence-electron chi connectivity index (χ1n) is 16.3. The standard InChI is InChI=1S/C35H46N3O5PS2Si/c1-24(2)25-17-19-35(6)30(21-25)43-44(45,46-35)42-28-22-32(38-20-18-31(36)37-33(38)39)41-29(28)23-40-47(34(3,4)5,26-13-9-7-10-14-26)27-15-11-8-12-16-27/h7-16,18,20,25,28-30,32H,1,17,19,21-23H2,2-6H3,(H2,36,37,39)/t25-,28+,29-,30+,32-,35+,44?/m1/s1. The lowest BCUT2D eigenvalue weighted by Crippen LogP contribution is -2.67. The number of nitrogens with two attached hydrogens (primary N) is 1. The fraction of sp³-hybridized carbons (Fsp3) is 0.486. The van der Waals surface area contributed by atoms with E-state index in [2.05, 4.69) is 94.7 Å². The Labute approximate surface area is 288 Å². The summed E-state index contributed by atoms with van der Waals surface area (Å²) in [6.45, 7) is 15.6. The first kappa shape index (κ1) is 34.8. The van der Waals surface area contributed by atoms with Gasteiger partial charge in [0.1, 0.15) is 18.1 Å². The van der Waals surface area contributed by atoms with Gasteiger partial charge in [-0.25, -0.2) is 4.79 Å². The van der Waals surface area contributed by atoms with Gasteiger partial charge in [0.05, 0.1) is 18.8 Å². The number of hydrogen-bond donors (Lipinski definition) is 1. The van der Waals surface area contributed by atoms with Crippen molar-refractivity contribution >= 4 is 53.4 Å². The molecular weight excluding hydrogens is 666 g/mol. The van der Waals surface area contributed by atoms with Gasteiger partial charge in [-0.2, -0.15) is 4.98 Å². The molecule has 3 aliphatic rings. The molecule has 252 valence electrons. The van der Waals surface area contributed by atoms with Gasteiger partial charge in [0.2, 0.25) is 5.69 Å². The van der Waals surface area contributed by atoms with E-state index < -0.39 is 38.1 Å². The fourth-order valence-corrected chi connectivity index (χ4v) is 19.5. The number of nitrogen functional groups attached to an aromatic ring is 1. The summed E-state index contributed by atoms with van der Waals surface area (Å²) in [5, 5.41) is 2.13. The number of anilines is 1. The molecule has 7 atom stereocenters. The first-order chi connectivity index (χ1) is 22.2. The van der Waals surface area contributed by atoms with Crippen LogP contribution in [0.5, 0.6) is 0 Å². The Bertz CT molecular complexity index is 1660. The molecule has 6 rings (SSSR count). The number of rotatable bonds is 9. The first-order valence-corrected chi connectivity index (χ1v) is 22.3.